The Labute approximate surface area is 82.8 Å². The molecule has 0 radical (unpaired) electrons. The predicted molar refractivity (Wildman–Crippen MR) is 55.3 cm³/mol. The molecule has 0 aliphatic heterocycles. The third-order valence-electron chi connectivity index (χ3n) is 1.64. The zero-order valence-electron chi connectivity index (χ0n) is 8.29. The van der Waals surface area contributed by atoms with Gasteiger partial charge in [0.25, 0.3) is 0 Å². The number of benzene rings is 1. The van der Waals surface area contributed by atoms with E-state index in [0.717, 1.165) is 11.3 Å². The molecule has 0 amide bonds. The highest BCUT2D eigenvalue weighted by Crippen LogP contribution is 2.16. The molecule has 0 bridgehead atoms. The standard InChI is InChI=1S/C9H7FN2.C2H6/c10-8-3-1-2-7(6-8)9-4-5-11-12-9;1-2/h1-6H,(H,11,12);1-2H3. The van der Waals surface area contributed by atoms with Gasteiger partial charge in [0.15, 0.2) is 0 Å². The number of halogens is 1. The van der Waals surface area contributed by atoms with Crippen molar-refractivity contribution in [3.05, 3.63) is 42.3 Å². The second kappa shape index (κ2) is 5.17. The molecule has 0 spiro atoms. The van der Waals surface area contributed by atoms with Gasteiger partial charge in [-0.2, -0.15) is 5.10 Å². The van der Waals surface area contributed by atoms with Crippen LogP contribution in [0.1, 0.15) is 13.8 Å². The number of H-pyrrole nitrogens is 1. The van der Waals surface area contributed by atoms with Crippen molar-refractivity contribution in [2.24, 2.45) is 0 Å². The van der Waals surface area contributed by atoms with Crippen molar-refractivity contribution in [2.45, 2.75) is 13.8 Å². The van der Waals surface area contributed by atoms with Crippen molar-refractivity contribution in [3.8, 4) is 11.3 Å². The van der Waals surface area contributed by atoms with Gasteiger partial charge in [-0.25, -0.2) is 4.39 Å². The lowest BCUT2D eigenvalue weighted by Gasteiger charge is -1.95. The third-order valence-corrected chi connectivity index (χ3v) is 1.64. The monoisotopic (exact) mass is 192 g/mol. The van der Waals surface area contributed by atoms with Gasteiger partial charge in [0.05, 0.1) is 5.69 Å². The number of nitrogens with zero attached hydrogens (tertiary/aromatic N) is 1. The number of aromatic amines is 1. The van der Waals surface area contributed by atoms with Crippen LogP contribution in [0, 0.1) is 5.82 Å². The Balaban J connectivity index is 0.000000461. The van der Waals surface area contributed by atoms with Gasteiger partial charge in [-0.3, -0.25) is 5.10 Å². The van der Waals surface area contributed by atoms with E-state index < -0.39 is 0 Å². The highest BCUT2D eigenvalue weighted by molar-refractivity contribution is 5.58. The number of rotatable bonds is 1. The molecule has 2 aromatic rings. The summed E-state index contributed by atoms with van der Waals surface area (Å²) >= 11 is 0. The topological polar surface area (TPSA) is 28.7 Å². The first-order valence-corrected chi connectivity index (χ1v) is 4.61. The molecule has 74 valence electrons. The molecule has 2 rings (SSSR count). The van der Waals surface area contributed by atoms with Crippen molar-refractivity contribution in [1.29, 1.82) is 0 Å². The van der Waals surface area contributed by atoms with E-state index in [-0.39, 0.29) is 5.82 Å². The Morgan fingerprint density at radius 3 is 2.57 bits per heavy atom. The highest BCUT2D eigenvalue weighted by Gasteiger charge is 1.98. The molecule has 0 unspecified atom stereocenters. The summed E-state index contributed by atoms with van der Waals surface area (Å²) in [6, 6.07) is 8.18. The van der Waals surface area contributed by atoms with Crippen molar-refractivity contribution in [2.75, 3.05) is 0 Å². The van der Waals surface area contributed by atoms with E-state index in [9.17, 15) is 4.39 Å². The van der Waals surface area contributed by atoms with Gasteiger partial charge in [-0.05, 0) is 18.2 Å². The molecule has 0 atom stereocenters. The van der Waals surface area contributed by atoms with Crippen LogP contribution >= 0.6 is 0 Å². The molecular weight excluding hydrogens is 179 g/mol. The minimum atomic E-state index is -0.234. The van der Waals surface area contributed by atoms with Crippen molar-refractivity contribution < 1.29 is 4.39 Å². The molecule has 1 aromatic heterocycles. The first kappa shape index (κ1) is 10.4. The minimum absolute atomic E-state index is 0.234. The van der Waals surface area contributed by atoms with Gasteiger partial charge in [-0.15, -0.1) is 0 Å². The summed E-state index contributed by atoms with van der Waals surface area (Å²) in [4.78, 5) is 0. The molecule has 14 heavy (non-hydrogen) atoms. The van der Waals surface area contributed by atoms with Gasteiger partial charge in [0, 0.05) is 11.8 Å². The average Bonchev–Trinajstić information content (AvgIpc) is 2.74. The molecule has 1 N–H and O–H groups in total. The predicted octanol–water partition coefficient (Wildman–Crippen LogP) is 3.24. The van der Waals surface area contributed by atoms with Gasteiger partial charge >= 0.3 is 0 Å². The molecule has 2 nitrogen and oxygen atoms in total. The molecule has 1 heterocycles. The smallest absolute Gasteiger partial charge is 0.123 e. The summed E-state index contributed by atoms with van der Waals surface area (Å²) in [6.07, 6.45) is 1.64. The van der Waals surface area contributed by atoms with Gasteiger partial charge in [-0.1, -0.05) is 26.0 Å². The van der Waals surface area contributed by atoms with E-state index in [2.05, 4.69) is 10.2 Å². The average molecular weight is 192 g/mol. The second-order valence-corrected chi connectivity index (χ2v) is 2.48. The zero-order valence-corrected chi connectivity index (χ0v) is 8.29. The molecule has 1 aromatic carbocycles. The first-order valence-electron chi connectivity index (χ1n) is 4.61. The van der Waals surface area contributed by atoms with Gasteiger partial charge < -0.3 is 0 Å². The highest BCUT2D eigenvalue weighted by atomic mass is 19.1. The molecule has 3 heteroatoms. The SMILES string of the molecule is CC.Fc1cccc(-c2ccn[nH]2)c1. The van der Waals surface area contributed by atoms with Crippen LogP contribution in [0.4, 0.5) is 4.39 Å². The largest absolute Gasteiger partial charge is 0.278 e. The van der Waals surface area contributed by atoms with Crippen LogP contribution in [0.3, 0.4) is 0 Å². The van der Waals surface area contributed by atoms with Crippen molar-refractivity contribution >= 4 is 0 Å². The van der Waals surface area contributed by atoms with Gasteiger partial charge in [0.2, 0.25) is 0 Å². The Morgan fingerprint density at radius 2 is 2.00 bits per heavy atom. The molecule has 0 saturated carbocycles. The van der Waals surface area contributed by atoms with Crippen LogP contribution in [-0.2, 0) is 0 Å². The maximum atomic E-state index is 12.7. The van der Waals surface area contributed by atoms with Crippen molar-refractivity contribution in [1.82, 2.24) is 10.2 Å². The molecular formula is C11H13FN2. The van der Waals surface area contributed by atoms with E-state index in [4.69, 9.17) is 0 Å². The summed E-state index contributed by atoms with van der Waals surface area (Å²) in [7, 11) is 0. The van der Waals surface area contributed by atoms with E-state index in [0.29, 0.717) is 0 Å². The van der Waals surface area contributed by atoms with Crippen LogP contribution in [0.5, 0.6) is 0 Å². The van der Waals surface area contributed by atoms with E-state index >= 15 is 0 Å². The minimum Gasteiger partial charge on any atom is -0.278 e. The van der Waals surface area contributed by atoms with Crippen LogP contribution in [0.2, 0.25) is 0 Å². The Kier molecular flexibility index (Phi) is 3.85. The van der Waals surface area contributed by atoms with Gasteiger partial charge in [0.1, 0.15) is 5.82 Å². The fraction of sp³-hybridized carbons (Fsp3) is 0.182. The van der Waals surface area contributed by atoms with Crippen LogP contribution < -0.4 is 0 Å². The molecule has 0 fully saturated rings. The lowest BCUT2D eigenvalue weighted by molar-refractivity contribution is 0.628. The summed E-state index contributed by atoms with van der Waals surface area (Å²) in [5.74, 6) is -0.234. The third kappa shape index (κ3) is 2.42. The van der Waals surface area contributed by atoms with E-state index in [1.807, 2.05) is 19.9 Å². The first-order chi connectivity index (χ1) is 6.86. The van der Waals surface area contributed by atoms with Crippen molar-refractivity contribution in [3.63, 3.8) is 0 Å². The normalized spacial score (nSPS) is 9.07. The maximum Gasteiger partial charge on any atom is 0.123 e. The Hall–Kier alpha value is -1.64. The fourth-order valence-corrected chi connectivity index (χ4v) is 1.07. The number of aromatic nitrogens is 2. The summed E-state index contributed by atoms with van der Waals surface area (Å²) < 4.78 is 12.7. The molecule has 0 aliphatic rings. The van der Waals surface area contributed by atoms with Crippen LogP contribution in [0.25, 0.3) is 11.3 Å². The zero-order chi connectivity index (χ0) is 10.4. The maximum absolute atomic E-state index is 12.7. The lowest BCUT2D eigenvalue weighted by Crippen LogP contribution is -1.79. The summed E-state index contributed by atoms with van der Waals surface area (Å²) in [5.41, 5.74) is 1.64. The Bertz CT molecular complexity index is 369. The summed E-state index contributed by atoms with van der Waals surface area (Å²) in [6.45, 7) is 4.00. The van der Waals surface area contributed by atoms with E-state index in [1.54, 1.807) is 18.3 Å². The number of nitrogens with one attached hydrogen (secondary N) is 1. The molecule has 0 saturated heterocycles. The number of hydrogen-bond donors (Lipinski definition) is 1. The second-order valence-electron chi connectivity index (χ2n) is 2.48. The summed E-state index contributed by atoms with van der Waals surface area (Å²) in [5, 5.41) is 6.54. The van der Waals surface area contributed by atoms with Crippen LogP contribution in [-0.4, -0.2) is 10.2 Å². The fourth-order valence-electron chi connectivity index (χ4n) is 1.07. The van der Waals surface area contributed by atoms with E-state index in [1.165, 1.54) is 12.1 Å². The molecule has 0 aliphatic carbocycles. The van der Waals surface area contributed by atoms with Crippen LogP contribution in [0.15, 0.2) is 36.5 Å². The Morgan fingerprint density at radius 1 is 1.21 bits per heavy atom. The lowest BCUT2D eigenvalue weighted by atomic mass is 10.1. The quantitative estimate of drug-likeness (QED) is 0.738. The number of hydrogen-bond acceptors (Lipinski definition) is 1.